The predicted octanol–water partition coefficient (Wildman–Crippen LogP) is 4.58. The van der Waals surface area contributed by atoms with Crippen molar-refractivity contribution in [2.45, 2.75) is 58.0 Å². The summed E-state index contributed by atoms with van der Waals surface area (Å²) in [4.78, 5) is 12.9. The Bertz CT molecular complexity index is 807. The summed E-state index contributed by atoms with van der Waals surface area (Å²) in [6.07, 6.45) is 5.44. The van der Waals surface area contributed by atoms with Crippen LogP contribution in [0.2, 0.25) is 0 Å². The molecule has 0 aliphatic heterocycles. The molecule has 1 heterocycles. The van der Waals surface area contributed by atoms with Crippen molar-refractivity contribution >= 4 is 29.3 Å². The largest absolute Gasteiger partial charge is 0.490 e. The Hall–Kier alpha value is -1.72. The zero-order valence-electron chi connectivity index (χ0n) is 16.6. The molecular weight excluding hydrogens is 376 g/mol. The maximum Gasteiger partial charge on any atom is 0.223 e. The van der Waals surface area contributed by atoms with Crippen molar-refractivity contribution in [1.29, 1.82) is 0 Å². The van der Waals surface area contributed by atoms with Crippen LogP contribution >= 0.6 is 12.4 Å². The predicted molar refractivity (Wildman–Crippen MR) is 113 cm³/mol. The fourth-order valence-electron chi connectivity index (χ4n) is 4.94. The van der Waals surface area contributed by atoms with E-state index in [9.17, 15) is 4.79 Å². The van der Waals surface area contributed by atoms with Gasteiger partial charge in [0.25, 0.3) is 0 Å². The Morgan fingerprint density at radius 3 is 2.71 bits per heavy atom. The molecule has 2 aromatic rings. The summed E-state index contributed by atoms with van der Waals surface area (Å²) in [6, 6.07) is 7.98. The number of hydrogen-bond donors (Lipinski definition) is 2. The van der Waals surface area contributed by atoms with Crippen LogP contribution in [0.1, 0.15) is 57.8 Å². The van der Waals surface area contributed by atoms with Crippen LogP contribution in [0.3, 0.4) is 0 Å². The second-order valence-electron chi connectivity index (χ2n) is 8.18. The number of furan rings is 1. The number of halogens is 1. The van der Waals surface area contributed by atoms with Crippen LogP contribution in [-0.2, 0) is 4.79 Å². The molecule has 4 rings (SSSR count). The van der Waals surface area contributed by atoms with Crippen LogP contribution in [0.15, 0.2) is 28.7 Å². The highest BCUT2D eigenvalue weighted by molar-refractivity contribution is 5.85. The molecule has 2 bridgehead atoms. The molecule has 0 saturated heterocycles. The van der Waals surface area contributed by atoms with Gasteiger partial charge in [0, 0.05) is 17.3 Å². The molecule has 0 radical (unpaired) electrons. The minimum atomic E-state index is -0.171. The van der Waals surface area contributed by atoms with E-state index >= 15 is 0 Å². The van der Waals surface area contributed by atoms with Gasteiger partial charge in [-0.05, 0) is 63.5 Å². The second-order valence-corrected chi connectivity index (χ2v) is 8.18. The molecule has 3 unspecified atom stereocenters. The van der Waals surface area contributed by atoms with Gasteiger partial charge in [-0.15, -0.1) is 12.4 Å². The third-order valence-electron chi connectivity index (χ3n) is 6.40. The van der Waals surface area contributed by atoms with E-state index in [0.717, 1.165) is 35.3 Å². The Labute approximate surface area is 172 Å². The van der Waals surface area contributed by atoms with Crippen molar-refractivity contribution in [3.63, 3.8) is 0 Å². The molecule has 1 aromatic heterocycles. The Kier molecular flexibility index (Phi) is 6.56. The van der Waals surface area contributed by atoms with E-state index in [1.165, 1.54) is 19.3 Å². The molecule has 5 nitrogen and oxygen atoms in total. The first-order valence-corrected chi connectivity index (χ1v) is 10.3. The van der Waals surface area contributed by atoms with Gasteiger partial charge in [0.05, 0.1) is 12.6 Å². The number of amides is 1. The van der Waals surface area contributed by atoms with Gasteiger partial charge in [0.2, 0.25) is 5.91 Å². The lowest BCUT2D eigenvalue weighted by atomic mass is 9.65. The molecule has 2 aliphatic carbocycles. The number of rotatable bonds is 5. The van der Waals surface area contributed by atoms with Gasteiger partial charge in [-0.3, -0.25) is 4.79 Å². The van der Waals surface area contributed by atoms with Crippen molar-refractivity contribution in [3.05, 3.63) is 30.0 Å². The maximum atomic E-state index is 12.9. The molecular formula is C22H31ClN2O3. The van der Waals surface area contributed by atoms with Gasteiger partial charge in [-0.1, -0.05) is 18.6 Å². The van der Waals surface area contributed by atoms with E-state index in [1.807, 2.05) is 38.1 Å². The SMILES string of the molecule is CCOc1cccc2cc(C(C)NC(=O)C3CC4CCCC(C3)C4N)oc12.Cl. The summed E-state index contributed by atoms with van der Waals surface area (Å²) in [7, 11) is 0. The van der Waals surface area contributed by atoms with Crippen LogP contribution in [0, 0.1) is 17.8 Å². The van der Waals surface area contributed by atoms with E-state index in [0.29, 0.717) is 18.4 Å². The molecule has 3 N–H and O–H groups in total. The highest BCUT2D eigenvalue weighted by atomic mass is 35.5. The minimum Gasteiger partial charge on any atom is -0.490 e. The topological polar surface area (TPSA) is 77.5 Å². The lowest BCUT2D eigenvalue weighted by Gasteiger charge is -2.43. The maximum absolute atomic E-state index is 12.9. The number of benzene rings is 1. The molecule has 2 saturated carbocycles. The van der Waals surface area contributed by atoms with Crippen LogP contribution < -0.4 is 15.8 Å². The smallest absolute Gasteiger partial charge is 0.223 e. The van der Waals surface area contributed by atoms with E-state index < -0.39 is 0 Å². The number of fused-ring (bicyclic) bond motifs is 3. The van der Waals surface area contributed by atoms with Gasteiger partial charge in [0.1, 0.15) is 5.76 Å². The number of carbonyl (C=O) groups is 1. The average molecular weight is 407 g/mol. The number of carbonyl (C=O) groups excluding carboxylic acids is 1. The van der Waals surface area contributed by atoms with Crippen LogP contribution in [0.4, 0.5) is 0 Å². The minimum absolute atomic E-state index is 0. The summed E-state index contributed by atoms with van der Waals surface area (Å²) in [6.45, 7) is 4.52. The summed E-state index contributed by atoms with van der Waals surface area (Å²) in [5.41, 5.74) is 7.11. The second kappa shape index (κ2) is 8.75. The molecule has 28 heavy (non-hydrogen) atoms. The first-order chi connectivity index (χ1) is 13.1. The Morgan fingerprint density at radius 1 is 1.32 bits per heavy atom. The number of para-hydroxylation sites is 1. The van der Waals surface area contributed by atoms with Crippen LogP contribution in [0.25, 0.3) is 11.0 Å². The fourth-order valence-corrected chi connectivity index (χ4v) is 4.94. The molecule has 2 aliphatic rings. The van der Waals surface area contributed by atoms with Crippen molar-refractivity contribution < 1.29 is 13.9 Å². The van der Waals surface area contributed by atoms with E-state index in [2.05, 4.69) is 5.32 Å². The fraction of sp³-hybridized carbons (Fsp3) is 0.591. The first-order valence-electron chi connectivity index (χ1n) is 10.3. The first kappa shape index (κ1) is 21.0. The van der Waals surface area contributed by atoms with E-state index in [4.69, 9.17) is 14.9 Å². The van der Waals surface area contributed by atoms with Crippen LogP contribution in [-0.4, -0.2) is 18.6 Å². The number of ether oxygens (including phenoxy) is 1. The van der Waals surface area contributed by atoms with Gasteiger partial charge in [0.15, 0.2) is 11.3 Å². The third-order valence-corrected chi connectivity index (χ3v) is 6.40. The van der Waals surface area contributed by atoms with Gasteiger partial charge in [-0.2, -0.15) is 0 Å². The van der Waals surface area contributed by atoms with Crippen molar-refractivity contribution in [3.8, 4) is 5.75 Å². The number of nitrogens with one attached hydrogen (secondary N) is 1. The summed E-state index contributed by atoms with van der Waals surface area (Å²) in [5, 5.41) is 4.16. The highest BCUT2D eigenvalue weighted by Crippen LogP contribution is 2.42. The Balaban J connectivity index is 0.00000225. The summed E-state index contributed by atoms with van der Waals surface area (Å²) < 4.78 is 11.7. The third kappa shape index (κ3) is 4.01. The molecule has 3 atom stereocenters. The van der Waals surface area contributed by atoms with Crippen molar-refractivity contribution in [1.82, 2.24) is 5.32 Å². The monoisotopic (exact) mass is 406 g/mol. The number of hydrogen-bond acceptors (Lipinski definition) is 4. The standard InChI is InChI=1S/C22H30N2O3.ClH/c1-3-26-18-9-5-8-16-12-19(27-21(16)18)13(2)24-22(25)17-10-14-6-4-7-15(11-17)20(14)23;/h5,8-9,12-15,17,20H,3-4,6-7,10-11,23H2,1-2H3,(H,24,25);1H. The van der Waals surface area contributed by atoms with Gasteiger partial charge < -0.3 is 20.2 Å². The average Bonchev–Trinajstić information content (AvgIpc) is 3.07. The van der Waals surface area contributed by atoms with Gasteiger partial charge >= 0.3 is 0 Å². The van der Waals surface area contributed by atoms with E-state index in [1.54, 1.807) is 0 Å². The molecule has 2 fully saturated rings. The van der Waals surface area contributed by atoms with Crippen molar-refractivity contribution in [2.75, 3.05) is 6.61 Å². The summed E-state index contributed by atoms with van der Waals surface area (Å²) >= 11 is 0. The zero-order valence-corrected chi connectivity index (χ0v) is 17.5. The molecule has 154 valence electrons. The number of nitrogens with two attached hydrogens (primary N) is 1. The normalized spacial score (nSPS) is 27.7. The Morgan fingerprint density at radius 2 is 2.04 bits per heavy atom. The molecule has 0 spiro atoms. The molecule has 6 heteroatoms. The highest BCUT2D eigenvalue weighted by Gasteiger charge is 2.40. The molecule has 1 amide bonds. The lowest BCUT2D eigenvalue weighted by Crippen LogP contribution is -2.49. The van der Waals surface area contributed by atoms with Crippen molar-refractivity contribution in [2.24, 2.45) is 23.5 Å². The van der Waals surface area contributed by atoms with Gasteiger partial charge in [-0.25, -0.2) is 0 Å². The molecule has 1 aromatic carbocycles. The lowest BCUT2D eigenvalue weighted by molar-refractivity contribution is -0.128. The quantitative estimate of drug-likeness (QED) is 0.761. The zero-order chi connectivity index (χ0) is 19.0. The summed E-state index contributed by atoms with van der Waals surface area (Å²) in [5.74, 6) is 2.72. The van der Waals surface area contributed by atoms with E-state index in [-0.39, 0.29) is 36.3 Å². The van der Waals surface area contributed by atoms with Crippen LogP contribution in [0.5, 0.6) is 5.75 Å².